The second-order valence-corrected chi connectivity index (χ2v) is 3.58. The van der Waals surface area contributed by atoms with Gasteiger partial charge in [0.2, 0.25) is 0 Å². The lowest BCUT2D eigenvalue weighted by Gasteiger charge is -2.06. The average Bonchev–Trinajstić information content (AvgIpc) is 2.33. The normalized spacial score (nSPS) is 10.4. The summed E-state index contributed by atoms with van der Waals surface area (Å²) >= 11 is 0. The highest BCUT2D eigenvalue weighted by molar-refractivity contribution is 5.27. The van der Waals surface area contributed by atoms with Crippen LogP contribution in [0.1, 0.15) is 12.0 Å². The zero-order chi connectivity index (χ0) is 11.6. The Bertz CT molecular complexity index is 269. The van der Waals surface area contributed by atoms with Crippen molar-refractivity contribution in [2.24, 2.45) is 0 Å². The van der Waals surface area contributed by atoms with Crippen molar-refractivity contribution >= 4 is 0 Å². The predicted molar refractivity (Wildman–Crippen MR) is 64.0 cm³/mol. The van der Waals surface area contributed by atoms with Gasteiger partial charge in [0.15, 0.2) is 0 Å². The van der Waals surface area contributed by atoms with Crippen LogP contribution in [0.25, 0.3) is 0 Å². The van der Waals surface area contributed by atoms with Gasteiger partial charge >= 0.3 is 0 Å². The number of hydrogen-bond donors (Lipinski definition) is 0. The van der Waals surface area contributed by atoms with Crippen LogP contribution in [0, 0.1) is 0 Å². The molecular weight excluding hydrogens is 204 g/mol. The highest BCUT2D eigenvalue weighted by Crippen LogP contribution is 2.12. The first kappa shape index (κ1) is 13.0. The molecule has 1 rings (SSSR count). The summed E-state index contributed by atoms with van der Waals surface area (Å²) in [6.07, 6.45) is 1.86. The fourth-order valence-corrected chi connectivity index (χ4v) is 1.37. The van der Waals surface area contributed by atoms with Gasteiger partial charge in [0.1, 0.15) is 5.75 Å². The minimum absolute atomic E-state index is 0.700. The summed E-state index contributed by atoms with van der Waals surface area (Å²) in [4.78, 5) is 0. The summed E-state index contributed by atoms with van der Waals surface area (Å²) < 4.78 is 15.5. The SMILES string of the molecule is COCCCOc1ccc(CCOC)cc1. The zero-order valence-electron chi connectivity index (χ0n) is 10.1. The van der Waals surface area contributed by atoms with Crippen molar-refractivity contribution in [3.63, 3.8) is 0 Å². The van der Waals surface area contributed by atoms with E-state index >= 15 is 0 Å². The van der Waals surface area contributed by atoms with Crippen molar-refractivity contribution in [2.75, 3.05) is 34.0 Å². The molecule has 0 heterocycles. The van der Waals surface area contributed by atoms with Gasteiger partial charge in [0.25, 0.3) is 0 Å². The number of rotatable bonds is 8. The molecule has 0 amide bonds. The fraction of sp³-hybridized carbons (Fsp3) is 0.538. The summed E-state index contributed by atoms with van der Waals surface area (Å²) in [5, 5.41) is 0. The van der Waals surface area contributed by atoms with Crippen molar-refractivity contribution in [1.29, 1.82) is 0 Å². The highest BCUT2D eigenvalue weighted by atomic mass is 16.5. The topological polar surface area (TPSA) is 27.7 Å². The first-order valence-corrected chi connectivity index (χ1v) is 5.56. The quantitative estimate of drug-likeness (QED) is 0.634. The summed E-state index contributed by atoms with van der Waals surface area (Å²) in [6.45, 7) is 2.20. The molecule has 3 nitrogen and oxygen atoms in total. The first-order valence-electron chi connectivity index (χ1n) is 5.56. The third-order valence-electron chi connectivity index (χ3n) is 2.28. The lowest BCUT2D eigenvalue weighted by molar-refractivity contribution is 0.172. The lowest BCUT2D eigenvalue weighted by Crippen LogP contribution is -2.01. The molecule has 0 saturated heterocycles. The van der Waals surface area contributed by atoms with E-state index in [1.807, 2.05) is 12.1 Å². The molecule has 0 aliphatic rings. The Kier molecular flexibility index (Phi) is 6.61. The summed E-state index contributed by atoms with van der Waals surface area (Å²) in [5.41, 5.74) is 1.27. The smallest absolute Gasteiger partial charge is 0.119 e. The third kappa shape index (κ3) is 5.14. The summed E-state index contributed by atoms with van der Waals surface area (Å²) in [5.74, 6) is 0.914. The third-order valence-corrected chi connectivity index (χ3v) is 2.28. The van der Waals surface area contributed by atoms with Crippen LogP contribution in [0.4, 0.5) is 0 Å². The van der Waals surface area contributed by atoms with Gasteiger partial charge in [0.05, 0.1) is 13.2 Å². The predicted octanol–water partition coefficient (Wildman–Crippen LogP) is 2.29. The Morgan fingerprint density at radius 2 is 1.56 bits per heavy atom. The minimum Gasteiger partial charge on any atom is -0.494 e. The molecule has 0 aromatic heterocycles. The lowest BCUT2D eigenvalue weighted by atomic mass is 10.1. The van der Waals surface area contributed by atoms with Crippen LogP contribution in [0.3, 0.4) is 0 Å². The Labute approximate surface area is 97.3 Å². The van der Waals surface area contributed by atoms with E-state index in [1.165, 1.54) is 5.56 Å². The van der Waals surface area contributed by atoms with Crippen molar-refractivity contribution in [1.82, 2.24) is 0 Å². The highest BCUT2D eigenvalue weighted by Gasteiger charge is 1.95. The number of benzene rings is 1. The molecule has 0 saturated carbocycles. The maximum absolute atomic E-state index is 5.56. The minimum atomic E-state index is 0.700. The van der Waals surface area contributed by atoms with E-state index in [-0.39, 0.29) is 0 Å². The fourth-order valence-electron chi connectivity index (χ4n) is 1.37. The number of hydrogen-bond acceptors (Lipinski definition) is 3. The summed E-state index contributed by atoms with van der Waals surface area (Å²) in [7, 11) is 3.41. The van der Waals surface area contributed by atoms with E-state index in [1.54, 1.807) is 14.2 Å². The molecule has 90 valence electrons. The Balaban J connectivity index is 2.27. The molecule has 0 atom stereocenters. The van der Waals surface area contributed by atoms with Crippen LogP contribution in [0.5, 0.6) is 5.75 Å². The van der Waals surface area contributed by atoms with Gasteiger partial charge in [-0.15, -0.1) is 0 Å². The van der Waals surface area contributed by atoms with E-state index < -0.39 is 0 Å². The van der Waals surface area contributed by atoms with E-state index in [2.05, 4.69) is 12.1 Å². The molecule has 0 aliphatic carbocycles. The van der Waals surface area contributed by atoms with E-state index in [0.29, 0.717) is 6.61 Å². The molecule has 0 aliphatic heterocycles. The number of methoxy groups -OCH3 is 2. The maximum Gasteiger partial charge on any atom is 0.119 e. The second-order valence-electron chi connectivity index (χ2n) is 3.58. The second kappa shape index (κ2) is 8.13. The molecule has 0 radical (unpaired) electrons. The zero-order valence-corrected chi connectivity index (χ0v) is 10.1. The van der Waals surface area contributed by atoms with Gasteiger partial charge < -0.3 is 14.2 Å². The average molecular weight is 224 g/mol. The van der Waals surface area contributed by atoms with Crippen LogP contribution < -0.4 is 4.74 Å². The molecule has 16 heavy (non-hydrogen) atoms. The first-order chi connectivity index (χ1) is 7.86. The van der Waals surface area contributed by atoms with Gasteiger partial charge in [-0.05, 0) is 24.1 Å². The van der Waals surface area contributed by atoms with E-state index in [4.69, 9.17) is 14.2 Å². The van der Waals surface area contributed by atoms with Crippen LogP contribution in [-0.4, -0.2) is 34.0 Å². The van der Waals surface area contributed by atoms with Crippen molar-refractivity contribution in [2.45, 2.75) is 12.8 Å². The van der Waals surface area contributed by atoms with Crippen molar-refractivity contribution < 1.29 is 14.2 Å². The molecule has 0 fully saturated rings. The van der Waals surface area contributed by atoms with Crippen molar-refractivity contribution in [3.8, 4) is 5.75 Å². The Morgan fingerprint density at radius 3 is 2.19 bits per heavy atom. The number of ether oxygens (including phenoxy) is 3. The van der Waals surface area contributed by atoms with Crippen LogP contribution in [0.15, 0.2) is 24.3 Å². The standard InChI is InChI=1S/C13H20O3/c1-14-9-3-10-16-13-6-4-12(5-7-13)8-11-15-2/h4-7H,3,8-11H2,1-2H3. The molecular formula is C13H20O3. The molecule has 1 aromatic carbocycles. The van der Waals surface area contributed by atoms with Gasteiger partial charge in [0, 0.05) is 27.2 Å². The summed E-state index contributed by atoms with van der Waals surface area (Å²) in [6, 6.07) is 8.14. The monoisotopic (exact) mass is 224 g/mol. The molecule has 0 bridgehead atoms. The van der Waals surface area contributed by atoms with Crippen LogP contribution in [0.2, 0.25) is 0 Å². The molecule has 3 heteroatoms. The van der Waals surface area contributed by atoms with E-state index in [9.17, 15) is 0 Å². The molecule has 0 N–H and O–H groups in total. The van der Waals surface area contributed by atoms with Gasteiger partial charge in [-0.25, -0.2) is 0 Å². The molecule has 1 aromatic rings. The molecule has 0 spiro atoms. The van der Waals surface area contributed by atoms with Gasteiger partial charge in [-0.3, -0.25) is 0 Å². The Morgan fingerprint density at radius 1 is 0.875 bits per heavy atom. The van der Waals surface area contributed by atoms with Crippen molar-refractivity contribution in [3.05, 3.63) is 29.8 Å². The van der Waals surface area contributed by atoms with Gasteiger partial charge in [-0.2, -0.15) is 0 Å². The van der Waals surface area contributed by atoms with Gasteiger partial charge in [-0.1, -0.05) is 12.1 Å². The maximum atomic E-state index is 5.56. The van der Waals surface area contributed by atoms with Crippen LogP contribution >= 0.6 is 0 Å². The molecule has 0 unspecified atom stereocenters. The Hall–Kier alpha value is -1.06. The largest absolute Gasteiger partial charge is 0.494 e. The van der Waals surface area contributed by atoms with Crippen LogP contribution in [-0.2, 0) is 15.9 Å². The van der Waals surface area contributed by atoms with E-state index in [0.717, 1.165) is 31.8 Å².